The highest BCUT2D eigenvalue weighted by molar-refractivity contribution is 6.36. The molecule has 0 saturated heterocycles. The molecule has 28 heavy (non-hydrogen) atoms. The van der Waals surface area contributed by atoms with Gasteiger partial charge in [0, 0.05) is 33.7 Å². The van der Waals surface area contributed by atoms with Crippen LogP contribution in [0, 0.1) is 0 Å². The molecule has 2 amide bonds. The molecule has 0 saturated carbocycles. The van der Waals surface area contributed by atoms with Gasteiger partial charge in [-0.25, -0.2) is 0 Å². The number of hydrogen-bond donors (Lipinski definition) is 1. The lowest BCUT2D eigenvalue weighted by Crippen LogP contribution is -2.48. The molecule has 0 aliphatic heterocycles. The number of rotatable bonds is 8. The summed E-state index contributed by atoms with van der Waals surface area (Å²) in [6, 6.07) is 11.6. The van der Waals surface area contributed by atoms with Crippen molar-refractivity contribution in [1.82, 2.24) is 10.2 Å². The number of halogens is 3. The van der Waals surface area contributed by atoms with Crippen molar-refractivity contribution in [2.45, 2.75) is 39.3 Å². The molecule has 0 aromatic heterocycles. The Bertz CT molecular complexity index is 805. The van der Waals surface area contributed by atoms with Crippen molar-refractivity contribution in [3.63, 3.8) is 0 Å². The van der Waals surface area contributed by atoms with Gasteiger partial charge in [0.15, 0.2) is 0 Å². The first-order valence-corrected chi connectivity index (χ1v) is 10.2. The molecule has 150 valence electrons. The molecule has 0 unspecified atom stereocenters. The third-order valence-electron chi connectivity index (χ3n) is 4.38. The number of carbonyl (C=O) groups is 2. The molecule has 2 aromatic rings. The molecule has 0 spiro atoms. The fraction of sp³-hybridized carbons (Fsp3) is 0.333. The van der Waals surface area contributed by atoms with E-state index in [0.29, 0.717) is 27.2 Å². The Hall–Kier alpha value is -1.75. The van der Waals surface area contributed by atoms with Gasteiger partial charge in [0.25, 0.3) is 0 Å². The smallest absolute Gasteiger partial charge is 0.242 e. The van der Waals surface area contributed by atoms with E-state index in [1.54, 1.807) is 49.4 Å². The largest absolute Gasteiger partial charge is 0.354 e. The minimum absolute atomic E-state index is 0.143. The average Bonchev–Trinajstić information content (AvgIpc) is 2.67. The Kier molecular flexibility index (Phi) is 8.61. The second kappa shape index (κ2) is 10.7. The molecule has 0 fully saturated rings. The van der Waals surface area contributed by atoms with Gasteiger partial charge < -0.3 is 10.2 Å². The van der Waals surface area contributed by atoms with Gasteiger partial charge in [-0.05, 0) is 43.2 Å². The molecule has 0 heterocycles. The SMILES string of the molecule is CCCNC(=O)[C@H](C)N(Cc1c(Cl)cccc1Cl)C(=O)Cc1ccc(Cl)cc1. The van der Waals surface area contributed by atoms with E-state index >= 15 is 0 Å². The molecule has 0 radical (unpaired) electrons. The number of amides is 2. The predicted octanol–water partition coefficient (Wildman–Crippen LogP) is 5.13. The third-order valence-corrected chi connectivity index (χ3v) is 5.34. The van der Waals surface area contributed by atoms with Crippen molar-refractivity contribution >= 4 is 46.6 Å². The highest BCUT2D eigenvalue weighted by Crippen LogP contribution is 2.27. The van der Waals surface area contributed by atoms with Crippen LogP contribution in [0.15, 0.2) is 42.5 Å². The maximum absolute atomic E-state index is 13.1. The highest BCUT2D eigenvalue weighted by atomic mass is 35.5. The van der Waals surface area contributed by atoms with Crippen molar-refractivity contribution in [3.05, 3.63) is 68.7 Å². The Balaban J connectivity index is 2.27. The Morgan fingerprint density at radius 1 is 1.04 bits per heavy atom. The van der Waals surface area contributed by atoms with Crippen LogP contribution in [0.4, 0.5) is 0 Å². The maximum atomic E-state index is 13.1. The third kappa shape index (κ3) is 6.13. The van der Waals surface area contributed by atoms with Gasteiger partial charge >= 0.3 is 0 Å². The maximum Gasteiger partial charge on any atom is 0.242 e. The fourth-order valence-corrected chi connectivity index (χ4v) is 3.35. The quantitative estimate of drug-likeness (QED) is 0.617. The zero-order valence-electron chi connectivity index (χ0n) is 15.8. The van der Waals surface area contributed by atoms with Crippen molar-refractivity contribution in [1.29, 1.82) is 0 Å². The summed E-state index contributed by atoms with van der Waals surface area (Å²) in [5.41, 5.74) is 1.43. The first kappa shape index (κ1) is 22.5. The molecule has 2 aromatic carbocycles. The number of nitrogens with zero attached hydrogens (tertiary/aromatic N) is 1. The van der Waals surface area contributed by atoms with Crippen molar-refractivity contribution < 1.29 is 9.59 Å². The van der Waals surface area contributed by atoms with E-state index in [0.717, 1.165) is 12.0 Å². The molecular formula is C21H23Cl3N2O2. The molecule has 0 aliphatic carbocycles. The van der Waals surface area contributed by atoms with Crippen LogP contribution in [0.3, 0.4) is 0 Å². The lowest BCUT2D eigenvalue weighted by Gasteiger charge is -2.29. The summed E-state index contributed by atoms with van der Waals surface area (Å²) in [6.07, 6.45) is 0.957. The summed E-state index contributed by atoms with van der Waals surface area (Å²) in [5, 5.41) is 4.35. The van der Waals surface area contributed by atoms with Gasteiger partial charge in [0.2, 0.25) is 11.8 Å². The Morgan fingerprint density at radius 2 is 1.64 bits per heavy atom. The molecule has 1 atom stereocenters. The Morgan fingerprint density at radius 3 is 2.21 bits per heavy atom. The molecule has 7 heteroatoms. The van der Waals surface area contributed by atoms with E-state index in [1.807, 2.05) is 6.92 Å². The second-order valence-electron chi connectivity index (χ2n) is 6.49. The summed E-state index contributed by atoms with van der Waals surface area (Å²) in [4.78, 5) is 27.1. The second-order valence-corrected chi connectivity index (χ2v) is 7.74. The van der Waals surface area contributed by atoms with E-state index in [2.05, 4.69) is 5.32 Å². The van der Waals surface area contributed by atoms with E-state index in [4.69, 9.17) is 34.8 Å². The highest BCUT2D eigenvalue weighted by Gasteiger charge is 2.27. The monoisotopic (exact) mass is 440 g/mol. The molecule has 1 N–H and O–H groups in total. The van der Waals surface area contributed by atoms with Crippen LogP contribution < -0.4 is 5.32 Å². The summed E-state index contributed by atoms with van der Waals surface area (Å²) in [7, 11) is 0. The number of benzene rings is 2. The zero-order valence-corrected chi connectivity index (χ0v) is 18.1. The van der Waals surface area contributed by atoms with Crippen LogP contribution in [-0.2, 0) is 22.6 Å². The van der Waals surface area contributed by atoms with Crippen molar-refractivity contribution in [3.8, 4) is 0 Å². The number of nitrogens with one attached hydrogen (secondary N) is 1. The molecule has 0 bridgehead atoms. The van der Waals surface area contributed by atoms with E-state index < -0.39 is 6.04 Å². The van der Waals surface area contributed by atoms with Crippen LogP contribution >= 0.6 is 34.8 Å². The van der Waals surface area contributed by atoms with Crippen LogP contribution in [0.2, 0.25) is 15.1 Å². The van der Waals surface area contributed by atoms with Crippen LogP contribution in [-0.4, -0.2) is 29.3 Å². The van der Waals surface area contributed by atoms with Gasteiger partial charge in [0.1, 0.15) is 6.04 Å². The first-order chi connectivity index (χ1) is 13.3. The summed E-state index contributed by atoms with van der Waals surface area (Å²) >= 11 is 18.5. The van der Waals surface area contributed by atoms with E-state index in [9.17, 15) is 9.59 Å². The van der Waals surface area contributed by atoms with Gasteiger partial charge in [-0.2, -0.15) is 0 Å². The Labute approximate surface area is 180 Å². The van der Waals surface area contributed by atoms with E-state index in [1.165, 1.54) is 4.90 Å². The summed E-state index contributed by atoms with van der Waals surface area (Å²) < 4.78 is 0. The predicted molar refractivity (Wildman–Crippen MR) is 115 cm³/mol. The lowest BCUT2D eigenvalue weighted by atomic mass is 10.1. The standard InChI is InChI=1S/C21H23Cl3N2O2/c1-3-11-25-21(28)14(2)26(13-17-18(23)5-4-6-19(17)24)20(27)12-15-7-9-16(22)10-8-15/h4-10,14H,3,11-13H2,1-2H3,(H,25,28)/t14-/m0/s1. The number of hydrogen-bond acceptors (Lipinski definition) is 2. The van der Waals surface area contributed by atoms with Crippen molar-refractivity contribution in [2.24, 2.45) is 0 Å². The van der Waals surface area contributed by atoms with Crippen LogP contribution in [0.5, 0.6) is 0 Å². The lowest BCUT2D eigenvalue weighted by molar-refractivity contribution is -0.140. The first-order valence-electron chi connectivity index (χ1n) is 9.08. The normalized spacial score (nSPS) is 11.8. The minimum atomic E-state index is -0.668. The molecule has 2 rings (SSSR count). The van der Waals surface area contributed by atoms with Crippen LogP contribution in [0.1, 0.15) is 31.4 Å². The summed E-state index contributed by atoms with van der Waals surface area (Å²) in [6.45, 7) is 4.37. The van der Waals surface area contributed by atoms with Gasteiger partial charge in [-0.1, -0.05) is 59.9 Å². The molecule has 4 nitrogen and oxygen atoms in total. The van der Waals surface area contributed by atoms with Gasteiger partial charge in [-0.15, -0.1) is 0 Å². The van der Waals surface area contributed by atoms with Crippen LogP contribution in [0.25, 0.3) is 0 Å². The fourth-order valence-electron chi connectivity index (χ4n) is 2.71. The van der Waals surface area contributed by atoms with Gasteiger partial charge in [0.05, 0.1) is 6.42 Å². The zero-order chi connectivity index (χ0) is 20.7. The summed E-state index contributed by atoms with van der Waals surface area (Å²) in [5.74, 6) is -0.410. The van der Waals surface area contributed by atoms with E-state index in [-0.39, 0.29) is 24.8 Å². The minimum Gasteiger partial charge on any atom is -0.354 e. The number of carbonyl (C=O) groups excluding carboxylic acids is 2. The molecular weight excluding hydrogens is 419 g/mol. The van der Waals surface area contributed by atoms with Crippen molar-refractivity contribution in [2.75, 3.05) is 6.54 Å². The average molecular weight is 442 g/mol. The molecule has 0 aliphatic rings. The van der Waals surface area contributed by atoms with Gasteiger partial charge in [-0.3, -0.25) is 9.59 Å². The topological polar surface area (TPSA) is 49.4 Å².